The Hall–Kier alpha value is -2.49. The van der Waals surface area contributed by atoms with Crippen molar-refractivity contribution < 1.29 is 0 Å². The average molecular weight is 222 g/mol. The summed E-state index contributed by atoms with van der Waals surface area (Å²) in [6.45, 7) is 0. The molecule has 0 saturated heterocycles. The second kappa shape index (κ2) is 4.17. The minimum absolute atomic E-state index is 0.881. The lowest BCUT2D eigenvalue weighted by molar-refractivity contribution is 1.30. The highest BCUT2D eigenvalue weighted by atomic mass is 14.9. The van der Waals surface area contributed by atoms with Gasteiger partial charge in [-0.15, -0.1) is 0 Å². The molecule has 3 aromatic rings. The summed E-state index contributed by atoms with van der Waals surface area (Å²) in [4.78, 5) is 12.3. The number of hydrogen-bond acceptors (Lipinski definition) is 4. The van der Waals surface area contributed by atoms with Crippen molar-refractivity contribution in [2.45, 2.75) is 0 Å². The van der Waals surface area contributed by atoms with E-state index in [4.69, 9.17) is 0 Å². The van der Waals surface area contributed by atoms with Gasteiger partial charge in [0.15, 0.2) is 0 Å². The Morgan fingerprint density at radius 2 is 1.65 bits per heavy atom. The van der Waals surface area contributed by atoms with E-state index >= 15 is 0 Å². The molecule has 0 unspecified atom stereocenters. The molecule has 0 radical (unpaired) electrons. The lowest BCUT2D eigenvalue weighted by Gasteiger charge is -2.08. The van der Waals surface area contributed by atoms with E-state index in [2.05, 4.69) is 20.3 Å². The molecule has 3 heterocycles. The van der Waals surface area contributed by atoms with Gasteiger partial charge in [-0.25, -0.2) is 0 Å². The van der Waals surface area contributed by atoms with E-state index in [1.54, 1.807) is 31.0 Å². The summed E-state index contributed by atoms with van der Waals surface area (Å²) in [6, 6.07) is 7.75. The fourth-order valence-electron chi connectivity index (χ4n) is 1.70. The number of pyridine rings is 3. The lowest BCUT2D eigenvalue weighted by Crippen LogP contribution is -1.92. The predicted molar refractivity (Wildman–Crippen MR) is 67.1 cm³/mol. The highest BCUT2D eigenvalue weighted by Crippen LogP contribution is 2.23. The zero-order valence-corrected chi connectivity index (χ0v) is 9.04. The maximum atomic E-state index is 4.27. The molecule has 0 aromatic carbocycles. The van der Waals surface area contributed by atoms with Gasteiger partial charge < -0.3 is 5.32 Å². The maximum Gasteiger partial charge on any atom is 0.0905 e. The number of nitrogens with one attached hydrogen (secondary N) is 1. The molecule has 3 aromatic heterocycles. The average Bonchev–Trinajstić information content (AvgIpc) is 2.40. The van der Waals surface area contributed by atoms with Crippen molar-refractivity contribution in [3.63, 3.8) is 0 Å². The van der Waals surface area contributed by atoms with Crippen molar-refractivity contribution in [1.82, 2.24) is 15.0 Å². The standard InChI is InChI=1S/C13H10N4/c1-5-14-6-2-10(1)17-12-4-8-16-13-9-15-7-3-11(12)13/h1-9H,(H,14,16,17). The van der Waals surface area contributed by atoms with Gasteiger partial charge in [-0.2, -0.15) is 0 Å². The molecule has 0 amide bonds. The van der Waals surface area contributed by atoms with Crippen LogP contribution in [0.1, 0.15) is 0 Å². The molecule has 0 atom stereocenters. The van der Waals surface area contributed by atoms with Gasteiger partial charge in [-0.3, -0.25) is 15.0 Å². The van der Waals surface area contributed by atoms with Crippen molar-refractivity contribution in [3.8, 4) is 0 Å². The number of fused-ring (bicyclic) bond motifs is 1. The first-order chi connectivity index (χ1) is 8.43. The molecule has 0 aliphatic carbocycles. The molecule has 82 valence electrons. The van der Waals surface area contributed by atoms with Crippen LogP contribution in [-0.2, 0) is 0 Å². The molecule has 0 bridgehead atoms. The van der Waals surface area contributed by atoms with Crippen molar-refractivity contribution in [1.29, 1.82) is 0 Å². The summed E-state index contributed by atoms with van der Waals surface area (Å²) in [7, 11) is 0. The Bertz CT molecular complexity index is 632. The number of hydrogen-bond donors (Lipinski definition) is 1. The van der Waals surface area contributed by atoms with Crippen LogP contribution in [0, 0.1) is 0 Å². The summed E-state index contributed by atoms with van der Waals surface area (Å²) in [5.41, 5.74) is 2.90. The quantitative estimate of drug-likeness (QED) is 0.724. The van der Waals surface area contributed by atoms with Gasteiger partial charge >= 0.3 is 0 Å². The molecule has 17 heavy (non-hydrogen) atoms. The Morgan fingerprint density at radius 3 is 2.53 bits per heavy atom. The fraction of sp³-hybridized carbons (Fsp3) is 0. The van der Waals surface area contributed by atoms with Crippen LogP contribution in [0.15, 0.2) is 55.2 Å². The van der Waals surface area contributed by atoms with Crippen LogP contribution in [0.2, 0.25) is 0 Å². The molecule has 0 aliphatic heterocycles. The highest BCUT2D eigenvalue weighted by molar-refractivity contribution is 5.92. The number of nitrogens with zero attached hydrogens (tertiary/aromatic N) is 3. The predicted octanol–water partition coefficient (Wildman–Crippen LogP) is 2.77. The largest absolute Gasteiger partial charge is 0.355 e. The second-order valence-electron chi connectivity index (χ2n) is 3.61. The minimum atomic E-state index is 0.881. The monoisotopic (exact) mass is 222 g/mol. The van der Waals surface area contributed by atoms with Crippen LogP contribution in [0.5, 0.6) is 0 Å². The van der Waals surface area contributed by atoms with Gasteiger partial charge in [-0.05, 0) is 24.3 Å². The van der Waals surface area contributed by atoms with Crippen LogP contribution in [0.25, 0.3) is 10.9 Å². The van der Waals surface area contributed by atoms with Gasteiger partial charge in [0.05, 0.1) is 11.7 Å². The van der Waals surface area contributed by atoms with Gasteiger partial charge in [0, 0.05) is 41.5 Å². The molecule has 4 heteroatoms. The molecule has 0 spiro atoms. The third kappa shape index (κ3) is 1.92. The first kappa shape index (κ1) is 9.72. The van der Waals surface area contributed by atoms with Crippen LogP contribution in [0.3, 0.4) is 0 Å². The van der Waals surface area contributed by atoms with E-state index in [0.29, 0.717) is 0 Å². The SMILES string of the molecule is c1cc(Nc2ccnc3cnccc23)ccn1. The van der Waals surface area contributed by atoms with Crippen molar-refractivity contribution in [3.05, 3.63) is 55.2 Å². The van der Waals surface area contributed by atoms with Gasteiger partial charge in [0.2, 0.25) is 0 Å². The number of anilines is 2. The molecule has 0 fully saturated rings. The Labute approximate surface area is 98.4 Å². The summed E-state index contributed by atoms with van der Waals surface area (Å²) >= 11 is 0. The third-order valence-electron chi connectivity index (χ3n) is 2.50. The van der Waals surface area contributed by atoms with Crippen LogP contribution in [0.4, 0.5) is 11.4 Å². The van der Waals surface area contributed by atoms with E-state index in [9.17, 15) is 0 Å². The number of rotatable bonds is 2. The Balaban J connectivity index is 2.06. The van der Waals surface area contributed by atoms with Gasteiger partial charge in [-0.1, -0.05) is 0 Å². The van der Waals surface area contributed by atoms with Crippen LogP contribution in [-0.4, -0.2) is 15.0 Å². The Kier molecular flexibility index (Phi) is 2.38. The normalized spacial score (nSPS) is 10.4. The lowest BCUT2D eigenvalue weighted by atomic mass is 10.2. The van der Waals surface area contributed by atoms with Crippen molar-refractivity contribution in [2.24, 2.45) is 0 Å². The fourth-order valence-corrected chi connectivity index (χ4v) is 1.70. The third-order valence-corrected chi connectivity index (χ3v) is 2.50. The minimum Gasteiger partial charge on any atom is -0.355 e. The van der Waals surface area contributed by atoms with E-state index < -0.39 is 0 Å². The summed E-state index contributed by atoms with van der Waals surface area (Å²) in [5.74, 6) is 0. The molecule has 0 aliphatic rings. The topological polar surface area (TPSA) is 50.7 Å². The number of aromatic nitrogens is 3. The summed E-state index contributed by atoms with van der Waals surface area (Å²) in [6.07, 6.45) is 8.81. The molecule has 4 nitrogen and oxygen atoms in total. The Morgan fingerprint density at radius 1 is 0.824 bits per heavy atom. The van der Waals surface area contributed by atoms with Gasteiger partial charge in [0.25, 0.3) is 0 Å². The van der Waals surface area contributed by atoms with E-state index in [1.165, 1.54) is 0 Å². The zero-order valence-electron chi connectivity index (χ0n) is 9.04. The first-order valence-corrected chi connectivity index (χ1v) is 5.29. The van der Waals surface area contributed by atoms with E-state index in [1.807, 2.05) is 24.3 Å². The summed E-state index contributed by atoms with van der Waals surface area (Å²) in [5, 5.41) is 4.39. The molecular weight excluding hydrogens is 212 g/mol. The van der Waals surface area contributed by atoms with Gasteiger partial charge in [0.1, 0.15) is 0 Å². The molecule has 0 saturated carbocycles. The van der Waals surface area contributed by atoms with Crippen molar-refractivity contribution >= 4 is 22.3 Å². The smallest absolute Gasteiger partial charge is 0.0905 e. The second-order valence-corrected chi connectivity index (χ2v) is 3.61. The highest BCUT2D eigenvalue weighted by Gasteiger charge is 2.01. The van der Waals surface area contributed by atoms with Crippen LogP contribution >= 0.6 is 0 Å². The maximum absolute atomic E-state index is 4.27. The van der Waals surface area contributed by atoms with E-state index in [0.717, 1.165) is 22.3 Å². The van der Waals surface area contributed by atoms with Crippen LogP contribution < -0.4 is 5.32 Å². The summed E-state index contributed by atoms with van der Waals surface area (Å²) < 4.78 is 0. The molecule has 3 rings (SSSR count). The molecular formula is C13H10N4. The first-order valence-electron chi connectivity index (χ1n) is 5.29. The zero-order chi connectivity index (χ0) is 11.5. The molecule has 1 N–H and O–H groups in total. The van der Waals surface area contributed by atoms with Crippen molar-refractivity contribution in [2.75, 3.05) is 5.32 Å². The van der Waals surface area contributed by atoms with E-state index in [-0.39, 0.29) is 0 Å².